The molecule has 0 amide bonds. The summed E-state index contributed by atoms with van der Waals surface area (Å²) >= 11 is 3.61. The molecule has 0 radical (unpaired) electrons. The lowest BCUT2D eigenvalue weighted by Crippen LogP contribution is -1.94. The van der Waals surface area contributed by atoms with Crippen LogP contribution in [0, 0.1) is 0 Å². The summed E-state index contributed by atoms with van der Waals surface area (Å²) in [5, 5.41) is 0. The zero-order chi connectivity index (χ0) is 15.4. The van der Waals surface area contributed by atoms with Crippen LogP contribution < -0.4 is 0 Å². The third kappa shape index (κ3) is 1.99. The van der Waals surface area contributed by atoms with Gasteiger partial charge in [-0.05, 0) is 30.3 Å². The number of aromatic nitrogens is 1. The van der Waals surface area contributed by atoms with Crippen molar-refractivity contribution in [2.24, 2.45) is 7.05 Å². The van der Waals surface area contributed by atoms with E-state index >= 15 is 0 Å². The first kappa shape index (κ1) is 13.2. The lowest BCUT2D eigenvalue weighted by Gasteiger charge is -2.11. The van der Waals surface area contributed by atoms with Crippen LogP contribution in [0.1, 0.15) is 0 Å². The van der Waals surface area contributed by atoms with E-state index in [4.69, 9.17) is 4.42 Å². The van der Waals surface area contributed by atoms with E-state index in [-0.39, 0.29) is 0 Å². The summed E-state index contributed by atoms with van der Waals surface area (Å²) < 4.78 is 13.3. The van der Waals surface area contributed by atoms with Gasteiger partial charge in [0, 0.05) is 13.1 Å². The molecular weight excluding hydrogens is 322 g/mol. The van der Waals surface area contributed by atoms with Gasteiger partial charge < -0.3 is 8.98 Å². The largest absolute Gasteiger partial charge is 0.454 e. The van der Waals surface area contributed by atoms with Crippen LogP contribution in [0.25, 0.3) is 41.0 Å². The molecule has 0 unspecified atom stereocenters. The van der Waals surface area contributed by atoms with Crippen molar-refractivity contribution in [2.75, 3.05) is 0 Å². The van der Waals surface area contributed by atoms with Crippen molar-refractivity contribution >= 4 is 63.7 Å². The van der Waals surface area contributed by atoms with E-state index in [2.05, 4.69) is 60.1 Å². The van der Waals surface area contributed by atoms with E-state index in [1.165, 1.54) is 29.8 Å². The maximum absolute atomic E-state index is 6.12. The molecule has 2 aromatic heterocycles. The molecule has 4 heteroatoms. The standard InChI is InChI=1S/C19H13NOS2/c1-20-12-6-2-4-8-16(12)22-18-11-19-15(10-13(18)20)21-14-7-3-5-9-17(14)23-19/h2-11H,1H3. The Labute approximate surface area is 140 Å². The summed E-state index contributed by atoms with van der Waals surface area (Å²) in [7, 11) is 2.12. The lowest BCUT2D eigenvalue weighted by molar-refractivity contribution is 0.663. The highest BCUT2D eigenvalue weighted by Gasteiger charge is 2.08. The van der Waals surface area contributed by atoms with Crippen LogP contribution in [-0.2, 0) is 7.05 Å². The minimum atomic E-state index is 0.941. The molecule has 0 aliphatic carbocycles. The molecule has 5 aromatic rings. The molecule has 0 bridgehead atoms. The van der Waals surface area contributed by atoms with E-state index in [1.807, 2.05) is 23.5 Å². The summed E-state index contributed by atoms with van der Waals surface area (Å²) in [6.07, 6.45) is 0. The Morgan fingerprint density at radius 1 is 0.696 bits per heavy atom. The van der Waals surface area contributed by atoms with Gasteiger partial charge in [0.2, 0.25) is 0 Å². The molecule has 112 valence electrons. The fourth-order valence-corrected chi connectivity index (χ4v) is 5.18. The predicted octanol–water partition coefficient (Wildman–Crippen LogP) is 6.48. The van der Waals surface area contributed by atoms with Crippen LogP contribution in [0.3, 0.4) is 0 Å². The zero-order valence-corrected chi connectivity index (χ0v) is 14.1. The number of hydrogen-bond acceptors (Lipinski definition) is 3. The number of fused-ring (bicyclic) bond motifs is 4. The van der Waals surface area contributed by atoms with Gasteiger partial charge in [-0.3, -0.25) is 0 Å². The van der Waals surface area contributed by atoms with Crippen LogP contribution in [0.5, 0.6) is 0 Å². The number of rotatable bonds is 0. The SMILES string of the molecule is Cn1c2ccccc2sc2cc3sc4ccccc4oc3cc21. The third-order valence-electron chi connectivity index (χ3n) is 4.12. The Morgan fingerprint density at radius 2 is 1.43 bits per heavy atom. The van der Waals surface area contributed by atoms with Crippen molar-refractivity contribution < 1.29 is 4.42 Å². The van der Waals surface area contributed by atoms with Crippen LogP contribution in [-0.4, -0.2) is 4.57 Å². The molecular formula is C19H13NOS2. The molecule has 0 saturated heterocycles. The number of aryl methyl sites for hydroxylation is 1. The van der Waals surface area contributed by atoms with Crippen LogP contribution >= 0.6 is 22.7 Å². The first-order valence-corrected chi connectivity index (χ1v) is 9.06. The van der Waals surface area contributed by atoms with Crippen LogP contribution in [0.15, 0.2) is 65.1 Å². The highest BCUT2D eigenvalue weighted by atomic mass is 32.1. The van der Waals surface area contributed by atoms with Crippen molar-refractivity contribution in [1.82, 2.24) is 4.57 Å². The normalized spacial score (nSPS) is 11.7. The van der Waals surface area contributed by atoms with Gasteiger partial charge in [0.15, 0.2) is 0 Å². The van der Waals surface area contributed by atoms with Crippen molar-refractivity contribution in [3.63, 3.8) is 0 Å². The average Bonchev–Trinajstić information content (AvgIpc) is 2.59. The van der Waals surface area contributed by atoms with E-state index in [0.717, 1.165) is 11.2 Å². The molecule has 0 aliphatic heterocycles. The number of hydrogen-bond donors (Lipinski definition) is 0. The smallest absolute Gasteiger partial charge is 0.146 e. The fourth-order valence-electron chi connectivity index (χ4n) is 2.96. The minimum absolute atomic E-state index is 0.941. The quantitative estimate of drug-likeness (QED) is 0.296. The monoisotopic (exact) mass is 335 g/mol. The second-order valence-electron chi connectivity index (χ2n) is 5.55. The molecule has 2 heterocycles. The molecule has 2 nitrogen and oxygen atoms in total. The molecule has 3 aromatic carbocycles. The Bertz CT molecular complexity index is 1230. The van der Waals surface area contributed by atoms with Crippen molar-refractivity contribution in [3.05, 3.63) is 60.7 Å². The Kier molecular flexibility index (Phi) is 2.77. The summed E-state index contributed by atoms with van der Waals surface area (Å²) in [6.45, 7) is 0. The van der Waals surface area contributed by atoms with Crippen LogP contribution in [0.2, 0.25) is 0 Å². The van der Waals surface area contributed by atoms with Crippen LogP contribution in [0.4, 0.5) is 0 Å². The molecule has 5 rings (SSSR count). The molecule has 23 heavy (non-hydrogen) atoms. The van der Waals surface area contributed by atoms with Crippen molar-refractivity contribution in [1.29, 1.82) is 0 Å². The van der Waals surface area contributed by atoms with Gasteiger partial charge in [0.1, 0.15) is 11.2 Å². The summed E-state index contributed by atoms with van der Waals surface area (Å²) in [5.41, 5.74) is 4.33. The molecule has 0 saturated carbocycles. The molecule has 0 N–H and O–H groups in total. The molecule has 0 atom stereocenters. The lowest BCUT2D eigenvalue weighted by atomic mass is 10.3. The van der Waals surface area contributed by atoms with Gasteiger partial charge in [0.05, 0.1) is 29.8 Å². The first-order chi connectivity index (χ1) is 11.3. The van der Waals surface area contributed by atoms with E-state index in [1.54, 1.807) is 11.3 Å². The first-order valence-electron chi connectivity index (χ1n) is 7.43. The fraction of sp³-hybridized carbons (Fsp3) is 0.0526. The second-order valence-corrected chi connectivity index (χ2v) is 7.71. The average molecular weight is 335 g/mol. The summed E-state index contributed by atoms with van der Waals surface area (Å²) in [5.74, 6) is 0. The summed E-state index contributed by atoms with van der Waals surface area (Å²) in [6, 6.07) is 21.1. The van der Waals surface area contributed by atoms with Gasteiger partial charge in [0.25, 0.3) is 0 Å². The Morgan fingerprint density at radius 3 is 2.35 bits per heavy atom. The predicted molar refractivity (Wildman–Crippen MR) is 101 cm³/mol. The number of para-hydroxylation sites is 2. The Balaban J connectivity index is 1.97. The van der Waals surface area contributed by atoms with E-state index in [9.17, 15) is 0 Å². The van der Waals surface area contributed by atoms with Gasteiger partial charge in [-0.25, -0.2) is 0 Å². The van der Waals surface area contributed by atoms with Crippen molar-refractivity contribution in [2.45, 2.75) is 0 Å². The second kappa shape index (κ2) is 4.85. The highest BCUT2D eigenvalue weighted by molar-refractivity contribution is 7.26. The molecule has 0 fully saturated rings. The van der Waals surface area contributed by atoms with E-state index in [0.29, 0.717) is 0 Å². The summed E-state index contributed by atoms with van der Waals surface area (Å²) in [4.78, 5) is 0. The van der Waals surface area contributed by atoms with Gasteiger partial charge >= 0.3 is 0 Å². The Hall–Kier alpha value is -2.30. The number of nitrogens with zero attached hydrogens (tertiary/aromatic N) is 1. The zero-order valence-electron chi connectivity index (χ0n) is 12.4. The van der Waals surface area contributed by atoms with E-state index < -0.39 is 0 Å². The molecule has 0 aliphatic rings. The van der Waals surface area contributed by atoms with Crippen molar-refractivity contribution in [3.8, 4) is 0 Å². The highest BCUT2D eigenvalue weighted by Crippen LogP contribution is 2.35. The maximum atomic E-state index is 6.12. The van der Waals surface area contributed by atoms with Gasteiger partial charge in [-0.1, -0.05) is 24.3 Å². The molecule has 0 spiro atoms. The third-order valence-corrected chi connectivity index (χ3v) is 6.33. The van der Waals surface area contributed by atoms with Gasteiger partial charge in [-0.15, -0.1) is 22.7 Å². The minimum Gasteiger partial charge on any atom is -0.454 e. The number of benzene rings is 3. The van der Waals surface area contributed by atoms with Gasteiger partial charge in [-0.2, -0.15) is 0 Å². The maximum Gasteiger partial charge on any atom is 0.146 e. The topological polar surface area (TPSA) is 18.1 Å².